The van der Waals surface area contributed by atoms with Crippen molar-refractivity contribution in [3.05, 3.63) is 114 Å². The molecule has 2 amide bonds. The Morgan fingerprint density at radius 1 is 0.909 bits per heavy atom. The number of fused-ring (bicyclic) bond motifs is 1. The molecule has 0 bridgehead atoms. The van der Waals surface area contributed by atoms with E-state index in [2.05, 4.69) is 9.97 Å². The highest BCUT2D eigenvalue weighted by atomic mass is 32.2. The zero-order chi connectivity index (χ0) is 31.4. The maximum Gasteiger partial charge on any atom is 0.268 e. The van der Waals surface area contributed by atoms with Gasteiger partial charge in [0.1, 0.15) is 0 Å². The quantitative estimate of drug-likeness (QED) is 0.170. The maximum absolute atomic E-state index is 13.9. The summed E-state index contributed by atoms with van der Waals surface area (Å²) in [5, 5.41) is 0.604. The average Bonchev–Trinajstić information content (AvgIpc) is 3.42. The average molecular weight is 612 g/mol. The molecule has 0 saturated carbocycles. The zero-order valence-corrected chi connectivity index (χ0v) is 25.1. The molecule has 0 unspecified atom stereocenters. The topological polar surface area (TPSA) is 132 Å². The van der Waals surface area contributed by atoms with Crippen molar-refractivity contribution in [2.45, 2.75) is 17.9 Å². The Labute approximate surface area is 254 Å². The second kappa shape index (κ2) is 12.5. The van der Waals surface area contributed by atoms with E-state index in [9.17, 15) is 22.8 Å². The van der Waals surface area contributed by atoms with Crippen molar-refractivity contribution in [2.24, 2.45) is 0 Å². The number of ketones is 1. The van der Waals surface area contributed by atoms with Crippen LogP contribution in [0.3, 0.4) is 0 Å². The summed E-state index contributed by atoms with van der Waals surface area (Å²) < 4.78 is 33.6. The first-order chi connectivity index (χ1) is 21.1. The lowest BCUT2D eigenvalue weighted by Crippen LogP contribution is -2.32. The van der Waals surface area contributed by atoms with Crippen LogP contribution in [0.1, 0.15) is 33.0 Å². The van der Waals surface area contributed by atoms with Crippen molar-refractivity contribution in [1.29, 1.82) is 0 Å². The number of aromatic nitrogens is 3. The molecule has 0 N–H and O–H groups in total. The van der Waals surface area contributed by atoms with Gasteiger partial charge in [-0.15, -0.1) is 0 Å². The molecule has 224 valence electrons. The summed E-state index contributed by atoms with van der Waals surface area (Å²) in [5.74, 6) is -1.51. The van der Waals surface area contributed by atoms with Gasteiger partial charge in [0.25, 0.3) is 15.9 Å². The van der Waals surface area contributed by atoms with Crippen molar-refractivity contribution in [1.82, 2.24) is 18.8 Å². The van der Waals surface area contributed by atoms with E-state index in [1.807, 2.05) is 0 Å². The minimum absolute atomic E-state index is 0.0947. The van der Waals surface area contributed by atoms with E-state index in [0.717, 1.165) is 0 Å². The Hall–Kier alpha value is -5.36. The molecule has 0 aliphatic carbocycles. The fourth-order valence-electron chi connectivity index (χ4n) is 4.71. The van der Waals surface area contributed by atoms with Crippen molar-refractivity contribution < 1.29 is 27.5 Å². The molecule has 0 saturated heterocycles. The van der Waals surface area contributed by atoms with Gasteiger partial charge in [0.15, 0.2) is 5.82 Å². The highest BCUT2D eigenvalue weighted by Gasteiger charge is 2.26. The van der Waals surface area contributed by atoms with Crippen LogP contribution in [0.15, 0.2) is 102 Å². The van der Waals surface area contributed by atoms with Gasteiger partial charge in [-0.2, -0.15) is 4.98 Å². The van der Waals surface area contributed by atoms with E-state index in [4.69, 9.17) is 4.74 Å². The number of carbonyl (C=O) groups is 3. The molecule has 0 atom stereocenters. The van der Waals surface area contributed by atoms with E-state index in [1.165, 1.54) is 51.5 Å². The molecular formula is C32H29N5O6S. The Bertz CT molecular complexity index is 1970. The van der Waals surface area contributed by atoms with Crippen LogP contribution in [0.25, 0.3) is 10.9 Å². The highest BCUT2D eigenvalue weighted by molar-refractivity contribution is 7.90. The van der Waals surface area contributed by atoms with E-state index in [-0.39, 0.29) is 29.1 Å². The summed E-state index contributed by atoms with van der Waals surface area (Å²) in [6, 6.07) is 23.0. The van der Waals surface area contributed by atoms with E-state index in [0.29, 0.717) is 27.7 Å². The molecule has 5 rings (SSSR count). The molecule has 2 heterocycles. The number of benzene rings is 3. The lowest BCUT2D eigenvalue weighted by atomic mass is 10.1. The number of hydrogen-bond acceptors (Lipinski definition) is 8. The summed E-state index contributed by atoms with van der Waals surface area (Å²) in [6.45, 7) is -0.0947. The predicted octanol–water partition coefficient (Wildman–Crippen LogP) is 4.18. The van der Waals surface area contributed by atoms with E-state index in [1.54, 1.807) is 80.8 Å². The van der Waals surface area contributed by atoms with E-state index >= 15 is 0 Å². The van der Waals surface area contributed by atoms with Gasteiger partial charge in [-0.3, -0.25) is 14.4 Å². The van der Waals surface area contributed by atoms with Gasteiger partial charge in [-0.1, -0.05) is 42.5 Å². The molecule has 12 heteroatoms. The Kier molecular flexibility index (Phi) is 8.54. The van der Waals surface area contributed by atoms with E-state index < -0.39 is 28.1 Å². The van der Waals surface area contributed by atoms with Gasteiger partial charge in [0.05, 0.1) is 30.5 Å². The first kappa shape index (κ1) is 30.1. The highest BCUT2D eigenvalue weighted by Crippen LogP contribution is 2.29. The largest absolute Gasteiger partial charge is 0.481 e. The second-order valence-electron chi connectivity index (χ2n) is 10.0. The molecule has 0 aliphatic heterocycles. The summed E-state index contributed by atoms with van der Waals surface area (Å²) >= 11 is 0. The molecule has 0 aliphatic rings. The van der Waals surface area contributed by atoms with Crippen LogP contribution < -0.4 is 9.64 Å². The number of hydrogen-bond donors (Lipinski definition) is 0. The normalized spacial score (nSPS) is 11.2. The van der Waals surface area contributed by atoms with Crippen LogP contribution in [-0.2, 0) is 21.4 Å². The fraction of sp³-hybridized carbons (Fsp3) is 0.156. The molecule has 0 spiro atoms. The van der Waals surface area contributed by atoms with Crippen molar-refractivity contribution in [2.75, 3.05) is 26.1 Å². The third kappa shape index (κ3) is 6.06. The Morgan fingerprint density at radius 2 is 1.64 bits per heavy atom. The number of para-hydroxylation sites is 1. The third-order valence-electron chi connectivity index (χ3n) is 6.90. The SMILES string of the molecule is COc1ccnc(C(=O)CC(=O)N(Cc2cn(S(=O)(=O)c3ccccc3)c3ccccc23)c2cccc(C(=O)N(C)C)c2)n1. The summed E-state index contributed by atoms with van der Waals surface area (Å²) in [4.78, 5) is 50.6. The van der Waals surface area contributed by atoms with Gasteiger partial charge >= 0.3 is 0 Å². The smallest absolute Gasteiger partial charge is 0.268 e. The van der Waals surface area contributed by atoms with Crippen LogP contribution in [0.5, 0.6) is 5.88 Å². The van der Waals surface area contributed by atoms with Gasteiger partial charge < -0.3 is 14.5 Å². The Morgan fingerprint density at radius 3 is 2.36 bits per heavy atom. The monoisotopic (exact) mass is 611 g/mol. The standard InChI is InChI=1S/C32H29N5O6S/c1-35(2)32(40)22-10-9-11-24(18-22)36(30(39)19-28(38)31-33-17-16-29(34-31)43-3)20-23-21-37(27-15-8-7-14-26(23)27)44(41,42)25-12-5-4-6-13-25/h4-18,21H,19-20H2,1-3H3. The number of amides is 2. The zero-order valence-electron chi connectivity index (χ0n) is 24.2. The third-order valence-corrected chi connectivity index (χ3v) is 8.59. The molecular weight excluding hydrogens is 582 g/mol. The number of Topliss-reactive ketones (excluding diaryl/α,β-unsaturated/α-hetero) is 1. The maximum atomic E-state index is 13.9. The Balaban J connectivity index is 1.58. The lowest BCUT2D eigenvalue weighted by molar-refractivity contribution is -0.117. The summed E-state index contributed by atoms with van der Waals surface area (Å²) in [6.07, 6.45) is 2.26. The van der Waals surface area contributed by atoms with Crippen LogP contribution in [0.4, 0.5) is 5.69 Å². The van der Waals surface area contributed by atoms with Crippen molar-refractivity contribution in [3.8, 4) is 5.88 Å². The minimum atomic E-state index is -3.97. The molecule has 0 fully saturated rings. The molecule has 0 radical (unpaired) electrons. The van der Waals surface area contributed by atoms with Crippen LogP contribution in [0.2, 0.25) is 0 Å². The molecule has 2 aromatic heterocycles. The summed E-state index contributed by atoms with van der Waals surface area (Å²) in [5.41, 5.74) is 1.63. The number of methoxy groups -OCH3 is 1. The summed E-state index contributed by atoms with van der Waals surface area (Å²) in [7, 11) is 0.664. The van der Waals surface area contributed by atoms with Crippen molar-refractivity contribution in [3.63, 3.8) is 0 Å². The van der Waals surface area contributed by atoms with Crippen LogP contribution in [-0.4, -0.2) is 66.1 Å². The van der Waals surface area contributed by atoms with Gasteiger partial charge in [0, 0.05) is 49.2 Å². The molecule has 44 heavy (non-hydrogen) atoms. The van der Waals surface area contributed by atoms with Gasteiger partial charge in [-0.25, -0.2) is 17.4 Å². The molecule has 3 aromatic carbocycles. The lowest BCUT2D eigenvalue weighted by Gasteiger charge is -2.23. The number of anilines is 1. The first-order valence-corrected chi connectivity index (χ1v) is 15.0. The van der Waals surface area contributed by atoms with Crippen LogP contribution >= 0.6 is 0 Å². The van der Waals surface area contributed by atoms with Gasteiger partial charge in [-0.05, 0) is 42.0 Å². The van der Waals surface area contributed by atoms with Crippen molar-refractivity contribution >= 4 is 44.2 Å². The minimum Gasteiger partial charge on any atom is -0.481 e. The fourth-order valence-corrected chi connectivity index (χ4v) is 6.12. The first-order valence-electron chi connectivity index (χ1n) is 13.5. The number of nitrogens with zero attached hydrogens (tertiary/aromatic N) is 5. The number of ether oxygens (including phenoxy) is 1. The second-order valence-corrected chi connectivity index (χ2v) is 11.9. The molecule has 11 nitrogen and oxygen atoms in total. The molecule has 5 aromatic rings. The predicted molar refractivity (Wildman–Crippen MR) is 164 cm³/mol. The van der Waals surface area contributed by atoms with Crippen LogP contribution in [0, 0.1) is 0 Å². The number of rotatable bonds is 10. The number of carbonyl (C=O) groups excluding carboxylic acids is 3. The van der Waals surface area contributed by atoms with Gasteiger partial charge in [0.2, 0.25) is 17.6 Å².